The molecule has 5 nitrogen and oxygen atoms in total. The lowest BCUT2D eigenvalue weighted by Crippen LogP contribution is -2.27. The van der Waals surface area contributed by atoms with Crippen molar-refractivity contribution in [3.8, 4) is 0 Å². The standard InChI is InChI=1S/C20H24N2O3/c1-12-5-7-14(8-6-12)11-21-19(23)18-13(2)17-15(22-24)9-20(3,4)10-16(17)25-18/h5-8,24H,9-11H2,1-4H3,(H,21,23)/b22-15-. The lowest BCUT2D eigenvalue weighted by atomic mass is 9.75. The second kappa shape index (κ2) is 6.39. The number of hydrogen-bond acceptors (Lipinski definition) is 4. The Morgan fingerprint density at radius 2 is 1.92 bits per heavy atom. The van der Waals surface area contributed by atoms with Crippen molar-refractivity contribution in [1.82, 2.24) is 5.32 Å². The average Bonchev–Trinajstić information content (AvgIpc) is 2.88. The first-order valence-corrected chi connectivity index (χ1v) is 8.48. The number of amides is 1. The van der Waals surface area contributed by atoms with Gasteiger partial charge in [-0.05, 0) is 31.2 Å². The molecule has 1 aromatic heterocycles. The van der Waals surface area contributed by atoms with Gasteiger partial charge in [0.2, 0.25) is 0 Å². The number of hydrogen-bond donors (Lipinski definition) is 2. The van der Waals surface area contributed by atoms with Crippen LogP contribution in [-0.4, -0.2) is 16.8 Å². The van der Waals surface area contributed by atoms with Gasteiger partial charge in [-0.3, -0.25) is 4.79 Å². The van der Waals surface area contributed by atoms with Crippen molar-refractivity contribution in [1.29, 1.82) is 0 Å². The van der Waals surface area contributed by atoms with Crippen LogP contribution in [0.25, 0.3) is 0 Å². The molecule has 3 rings (SSSR count). The van der Waals surface area contributed by atoms with Crippen molar-refractivity contribution in [2.75, 3.05) is 0 Å². The van der Waals surface area contributed by atoms with E-state index in [1.165, 1.54) is 5.56 Å². The van der Waals surface area contributed by atoms with Crippen molar-refractivity contribution in [2.45, 2.75) is 47.1 Å². The summed E-state index contributed by atoms with van der Waals surface area (Å²) in [5.41, 5.74) is 4.26. The van der Waals surface area contributed by atoms with Gasteiger partial charge in [-0.2, -0.15) is 0 Å². The van der Waals surface area contributed by atoms with E-state index in [2.05, 4.69) is 24.3 Å². The highest BCUT2D eigenvalue weighted by atomic mass is 16.4. The van der Waals surface area contributed by atoms with Crippen molar-refractivity contribution in [3.63, 3.8) is 0 Å². The Kier molecular flexibility index (Phi) is 4.41. The number of fused-ring (bicyclic) bond motifs is 1. The Hall–Kier alpha value is -2.56. The van der Waals surface area contributed by atoms with E-state index in [4.69, 9.17) is 4.42 Å². The molecule has 0 unspecified atom stereocenters. The molecule has 0 saturated carbocycles. The molecule has 0 radical (unpaired) electrons. The first-order valence-electron chi connectivity index (χ1n) is 8.48. The van der Waals surface area contributed by atoms with Gasteiger partial charge in [0.05, 0.1) is 5.71 Å². The third-order valence-corrected chi connectivity index (χ3v) is 4.69. The lowest BCUT2D eigenvalue weighted by Gasteiger charge is -2.28. The predicted octanol–water partition coefficient (Wildman–Crippen LogP) is 3.98. The van der Waals surface area contributed by atoms with Gasteiger partial charge in [0.15, 0.2) is 5.76 Å². The molecule has 0 aliphatic heterocycles. The molecule has 1 amide bonds. The average molecular weight is 340 g/mol. The van der Waals surface area contributed by atoms with E-state index in [-0.39, 0.29) is 11.3 Å². The zero-order chi connectivity index (χ0) is 18.2. The highest BCUT2D eigenvalue weighted by Crippen LogP contribution is 2.38. The summed E-state index contributed by atoms with van der Waals surface area (Å²) in [6, 6.07) is 8.03. The second-order valence-electron chi connectivity index (χ2n) is 7.59. The van der Waals surface area contributed by atoms with Gasteiger partial charge in [-0.25, -0.2) is 0 Å². The summed E-state index contributed by atoms with van der Waals surface area (Å²) >= 11 is 0. The van der Waals surface area contributed by atoms with E-state index in [0.717, 1.165) is 22.5 Å². The molecule has 0 saturated heterocycles. The number of nitrogens with one attached hydrogen (secondary N) is 1. The van der Waals surface area contributed by atoms with E-state index in [0.29, 0.717) is 30.9 Å². The maximum atomic E-state index is 12.6. The normalized spacial score (nSPS) is 17.4. The van der Waals surface area contributed by atoms with E-state index < -0.39 is 0 Å². The van der Waals surface area contributed by atoms with E-state index in [1.54, 1.807) is 0 Å². The molecular formula is C20H24N2O3. The maximum Gasteiger partial charge on any atom is 0.287 e. The molecular weight excluding hydrogens is 316 g/mol. The fraction of sp³-hybridized carbons (Fsp3) is 0.400. The first-order chi connectivity index (χ1) is 11.8. The highest BCUT2D eigenvalue weighted by Gasteiger charge is 2.36. The summed E-state index contributed by atoms with van der Waals surface area (Å²) in [5, 5.41) is 15.7. The van der Waals surface area contributed by atoms with Gasteiger partial charge in [-0.15, -0.1) is 0 Å². The summed E-state index contributed by atoms with van der Waals surface area (Å²) in [5.74, 6) is 0.778. The number of rotatable bonds is 3. The van der Waals surface area contributed by atoms with Gasteiger partial charge < -0.3 is 14.9 Å². The molecule has 5 heteroatoms. The van der Waals surface area contributed by atoms with Crippen LogP contribution in [0.4, 0.5) is 0 Å². The number of furan rings is 1. The summed E-state index contributed by atoms with van der Waals surface area (Å²) in [7, 11) is 0. The van der Waals surface area contributed by atoms with Crippen LogP contribution in [0.1, 0.15) is 58.8 Å². The monoisotopic (exact) mass is 340 g/mol. The number of carbonyl (C=O) groups is 1. The quantitative estimate of drug-likeness (QED) is 0.655. The minimum atomic E-state index is -0.248. The summed E-state index contributed by atoms with van der Waals surface area (Å²) in [4.78, 5) is 12.6. The van der Waals surface area contributed by atoms with Gasteiger partial charge in [-0.1, -0.05) is 48.8 Å². The Balaban J connectivity index is 1.82. The maximum absolute atomic E-state index is 12.6. The van der Waals surface area contributed by atoms with Gasteiger partial charge in [0.25, 0.3) is 5.91 Å². The number of carbonyl (C=O) groups excluding carboxylic acids is 1. The highest BCUT2D eigenvalue weighted by molar-refractivity contribution is 6.06. The molecule has 1 heterocycles. The van der Waals surface area contributed by atoms with Crippen molar-refractivity contribution in [2.24, 2.45) is 10.6 Å². The van der Waals surface area contributed by atoms with Gasteiger partial charge in [0, 0.05) is 24.1 Å². The minimum Gasteiger partial charge on any atom is -0.455 e. The van der Waals surface area contributed by atoms with Crippen LogP contribution in [0.15, 0.2) is 33.8 Å². The molecule has 1 aromatic carbocycles. The number of benzene rings is 1. The van der Waals surface area contributed by atoms with Crippen LogP contribution < -0.4 is 5.32 Å². The van der Waals surface area contributed by atoms with Crippen LogP contribution >= 0.6 is 0 Å². The topological polar surface area (TPSA) is 74.8 Å². The summed E-state index contributed by atoms with van der Waals surface area (Å²) in [6.07, 6.45) is 1.37. The minimum absolute atomic E-state index is 0.0610. The Bertz CT molecular complexity index is 829. The number of aryl methyl sites for hydroxylation is 1. The van der Waals surface area contributed by atoms with Crippen LogP contribution in [0.2, 0.25) is 0 Å². The summed E-state index contributed by atoms with van der Waals surface area (Å²) < 4.78 is 5.87. The van der Waals surface area contributed by atoms with Crippen molar-refractivity contribution >= 4 is 11.6 Å². The lowest BCUT2D eigenvalue weighted by molar-refractivity contribution is 0.0919. The van der Waals surface area contributed by atoms with E-state index >= 15 is 0 Å². The fourth-order valence-corrected chi connectivity index (χ4v) is 3.38. The first kappa shape index (κ1) is 17.3. The van der Waals surface area contributed by atoms with Crippen molar-refractivity contribution in [3.05, 3.63) is 58.0 Å². The SMILES string of the molecule is Cc1ccc(CNC(=O)c2oc3c(c2C)/C(=N\O)CC(C)(C)C3)cc1. The third-order valence-electron chi connectivity index (χ3n) is 4.69. The Morgan fingerprint density at radius 1 is 1.24 bits per heavy atom. The third kappa shape index (κ3) is 3.45. The molecule has 1 aliphatic carbocycles. The van der Waals surface area contributed by atoms with E-state index in [9.17, 15) is 10.0 Å². The smallest absolute Gasteiger partial charge is 0.287 e. The molecule has 0 atom stereocenters. The predicted molar refractivity (Wildman–Crippen MR) is 96.2 cm³/mol. The van der Waals surface area contributed by atoms with Crippen LogP contribution in [-0.2, 0) is 13.0 Å². The molecule has 1 aliphatic rings. The zero-order valence-corrected chi connectivity index (χ0v) is 15.1. The van der Waals surface area contributed by atoms with Crippen molar-refractivity contribution < 1.29 is 14.4 Å². The molecule has 132 valence electrons. The molecule has 0 spiro atoms. The molecule has 0 fully saturated rings. The Morgan fingerprint density at radius 3 is 2.56 bits per heavy atom. The zero-order valence-electron chi connectivity index (χ0n) is 15.1. The van der Waals surface area contributed by atoms with Gasteiger partial charge in [0.1, 0.15) is 5.76 Å². The largest absolute Gasteiger partial charge is 0.455 e. The summed E-state index contributed by atoms with van der Waals surface area (Å²) in [6.45, 7) is 8.50. The molecule has 2 N–H and O–H groups in total. The van der Waals surface area contributed by atoms with Crippen LogP contribution in [0.3, 0.4) is 0 Å². The van der Waals surface area contributed by atoms with Crippen LogP contribution in [0, 0.1) is 19.3 Å². The number of oxime groups is 1. The van der Waals surface area contributed by atoms with Gasteiger partial charge >= 0.3 is 0 Å². The second-order valence-corrected chi connectivity index (χ2v) is 7.59. The molecule has 0 bridgehead atoms. The van der Waals surface area contributed by atoms with E-state index in [1.807, 2.05) is 38.1 Å². The Labute approximate surface area is 147 Å². The molecule has 25 heavy (non-hydrogen) atoms. The van der Waals surface area contributed by atoms with Crippen LogP contribution in [0.5, 0.6) is 0 Å². The fourth-order valence-electron chi connectivity index (χ4n) is 3.38. The number of nitrogens with zero attached hydrogens (tertiary/aromatic N) is 1. The molecule has 2 aromatic rings.